The zero-order valence-corrected chi connectivity index (χ0v) is 14.8. The molecule has 4 atom stereocenters. The Labute approximate surface area is 143 Å². The van der Waals surface area contributed by atoms with Crippen molar-refractivity contribution in [3.63, 3.8) is 0 Å². The van der Waals surface area contributed by atoms with Crippen molar-refractivity contribution in [2.45, 2.75) is 45.9 Å². The van der Waals surface area contributed by atoms with Crippen LogP contribution in [0.15, 0.2) is 24.3 Å². The lowest BCUT2D eigenvalue weighted by atomic mass is 10.0. The van der Waals surface area contributed by atoms with Crippen molar-refractivity contribution in [1.82, 2.24) is 4.90 Å². The fraction of sp³-hybridized carbons (Fsp3) is 0.556. The second-order valence-electron chi connectivity index (χ2n) is 6.68. The van der Waals surface area contributed by atoms with Gasteiger partial charge in [0.1, 0.15) is 0 Å². The van der Waals surface area contributed by atoms with Gasteiger partial charge in [0.15, 0.2) is 0 Å². The van der Waals surface area contributed by atoms with Crippen LogP contribution in [0.5, 0.6) is 0 Å². The number of nitrogens with two attached hydrogens (primary N) is 1. The molecule has 132 valence electrons. The molecule has 1 aliphatic heterocycles. The molecule has 0 aromatic heterocycles. The maximum absolute atomic E-state index is 12.6. The van der Waals surface area contributed by atoms with E-state index >= 15 is 0 Å². The average molecular weight is 333 g/mol. The topological polar surface area (TPSA) is 84.7 Å². The number of hydrogen-bond acceptors (Lipinski definition) is 4. The van der Waals surface area contributed by atoms with E-state index in [4.69, 9.17) is 10.5 Å². The smallest absolute Gasteiger partial charge is 0.254 e. The largest absolute Gasteiger partial charge is 0.372 e. The van der Waals surface area contributed by atoms with E-state index in [1.807, 2.05) is 18.7 Å². The molecule has 0 aliphatic carbocycles. The SMILES string of the molecule is CC1CN(C(=O)c2ccc(NC(=O)C(C)C(C)N)cc2)CC(C)O1. The van der Waals surface area contributed by atoms with Gasteiger partial charge in [-0.1, -0.05) is 6.92 Å². The first kappa shape index (κ1) is 18.4. The molecular weight excluding hydrogens is 306 g/mol. The Morgan fingerprint density at radius 1 is 1.17 bits per heavy atom. The summed E-state index contributed by atoms with van der Waals surface area (Å²) in [6.45, 7) is 8.71. The predicted octanol–water partition coefficient (Wildman–Crippen LogP) is 1.86. The maximum Gasteiger partial charge on any atom is 0.254 e. The zero-order valence-electron chi connectivity index (χ0n) is 14.8. The number of nitrogens with zero attached hydrogens (tertiary/aromatic N) is 1. The van der Waals surface area contributed by atoms with Gasteiger partial charge in [0.2, 0.25) is 5.91 Å². The maximum atomic E-state index is 12.6. The third-order valence-corrected chi connectivity index (χ3v) is 4.31. The van der Waals surface area contributed by atoms with Gasteiger partial charge in [0.05, 0.1) is 18.1 Å². The van der Waals surface area contributed by atoms with Gasteiger partial charge in [-0.3, -0.25) is 9.59 Å². The summed E-state index contributed by atoms with van der Waals surface area (Å²) in [5.74, 6) is -0.415. The van der Waals surface area contributed by atoms with E-state index in [1.54, 1.807) is 38.1 Å². The van der Waals surface area contributed by atoms with Crippen LogP contribution in [0.1, 0.15) is 38.1 Å². The van der Waals surface area contributed by atoms with Crippen LogP contribution in [0.3, 0.4) is 0 Å². The molecule has 1 fully saturated rings. The molecule has 3 N–H and O–H groups in total. The number of hydrogen-bond donors (Lipinski definition) is 2. The minimum Gasteiger partial charge on any atom is -0.372 e. The summed E-state index contributed by atoms with van der Waals surface area (Å²) in [6, 6.07) is 6.74. The van der Waals surface area contributed by atoms with Gasteiger partial charge < -0.3 is 20.7 Å². The van der Waals surface area contributed by atoms with Crippen LogP contribution < -0.4 is 11.1 Å². The van der Waals surface area contributed by atoms with E-state index in [1.165, 1.54) is 0 Å². The number of carbonyl (C=O) groups excluding carboxylic acids is 2. The van der Waals surface area contributed by atoms with Crippen molar-refractivity contribution in [3.05, 3.63) is 29.8 Å². The summed E-state index contributed by atoms with van der Waals surface area (Å²) in [4.78, 5) is 26.4. The van der Waals surface area contributed by atoms with Crippen molar-refractivity contribution >= 4 is 17.5 Å². The number of benzene rings is 1. The fourth-order valence-electron chi connectivity index (χ4n) is 2.72. The number of nitrogens with one attached hydrogen (secondary N) is 1. The molecule has 0 spiro atoms. The fourth-order valence-corrected chi connectivity index (χ4v) is 2.72. The highest BCUT2D eigenvalue weighted by molar-refractivity contribution is 5.96. The Hall–Kier alpha value is -1.92. The van der Waals surface area contributed by atoms with Crippen molar-refractivity contribution < 1.29 is 14.3 Å². The molecule has 4 unspecified atom stereocenters. The van der Waals surface area contributed by atoms with E-state index in [-0.39, 0.29) is 36.0 Å². The molecule has 0 bridgehead atoms. The van der Waals surface area contributed by atoms with Crippen LogP contribution in [0, 0.1) is 5.92 Å². The molecular formula is C18H27N3O3. The molecule has 24 heavy (non-hydrogen) atoms. The number of amides is 2. The van der Waals surface area contributed by atoms with E-state index in [2.05, 4.69) is 5.32 Å². The van der Waals surface area contributed by atoms with Crippen LogP contribution in [0.2, 0.25) is 0 Å². The molecule has 0 saturated carbocycles. The van der Waals surface area contributed by atoms with Crippen molar-refractivity contribution in [1.29, 1.82) is 0 Å². The minimum atomic E-state index is -0.275. The molecule has 6 heteroatoms. The van der Waals surface area contributed by atoms with E-state index in [0.717, 1.165) is 0 Å². The monoisotopic (exact) mass is 333 g/mol. The van der Waals surface area contributed by atoms with Crippen LogP contribution >= 0.6 is 0 Å². The highest BCUT2D eigenvalue weighted by Crippen LogP contribution is 2.17. The molecule has 1 aliphatic rings. The van der Waals surface area contributed by atoms with Gasteiger partial charge in [0, 0.05) is 30.4 Å². The number of rotatable bonds is 4. The van der Waals surface area contributed by atoms with Crippen molar-refractivity contribution in [3.8, 4) is 0 Å². The molecule has 1 saturated heterocycles. The molecule has 6 nitrogen and oxygen atoms in total. The Bertz CT molecular complexity index is 576. The average Bonchev–Trinajstić information content (AvgIpc) is 2.53. The second-order valence-corrected chi connectivity index (χ2v) is 6.68. The van der Waals surface area contributed by atoms with Crippen LogP contribution in [-0.4, -0.2) is 48.1 Å². The van der Waals surface area contributed by atoms with Crippen LogP contribution in [-0.2, 0) is 9.53 Å². The summed E-state index contributed by atoms with van der Waals surface area (Å²) in [6.07, 6.45) is 0.0759. The van der Waals surface area contributed by atoms with E-state index < -0.39 is 0 Å². The van der Waals surface area contributed by atoms with E-state index in [9.17, 15) is 9.59 Å². The molecule has 1 heterocycles. The number of carbonyl (C=O) groups is 2. The molecule has 1 aromatic carbocycles. The standard InChI is InChI=1S/C18H27N3O3/c1-11-9-21(10-12(2)24-11)18(23)15-5-7-16(8-6-15)20-17(22)13(3)14(4)19/h5-8,11-14H,9-10,19H2,1-4H3,(H,20,22). The number of ether oxygens (including phenoxy) is 1. The third kappa shape index (κ3) is 4.55. The van der Waals surface area contributed by atoms with Gasteiger partial charge in [0.25, 0.3) is 5.91 Å². The summed E-state index contributed by atoms with van der Waals surface area (Å²) in [5.41, 5.74) is 7.00. The lowest BCUT2D eigenvalue weighted by molar-refractivity contribution is -0.119. The second kappa shape index (κ2) is 7.77. The molecule has 1 aromatic rings. The van der Waals surface area contributed by atoms with Crippen LogP contribution in [0.25, 0.3) is 0 Å². The highest BCUT2D eigenvalue weighted by atomic mass is 16.5. The zero-order chi connectivity index (χ0) is 17.9. The van der Waals surface area contributed by atoms with Gasteiger partial charge in [-0.15, -0.1) is 0 Å². The van der Waals surface area contributed by atoms with Crippen molar-refractivity contribution in [2.75, 3.05) is 18.4 Å². The summed E-state index contributed by atoms with van der Waals surface area (Å²) < 4.78 is 5.66. The Kier molecular flexibility index (Phi) is 5.96. The van der Waals surface area contributed by atoms with Gasteiger partial charge in [-0.25, -0.2) is 0 Å². The first-order valence-electron chi connectivity index (χ1n) is 8.39. The Balaban J connectivity index is 2.01. The molecule has 0 radical (unpaired) electrons. The lowest BCUT2D eigenvalue weighted by Gasteiger charge is -2.35. The van der Waals surface area contributed by atoms with Crippen molar-refractivity contribution in [2.24, 2.45) is 11.7 Å². The van der Waals surface area contributed by atoms with Crippen LogP contribution in [0.4, 0.5) is 5.69 Å². The summed E-state index contributed by atoms with van der Waals surface area (Å²) >= 11 is 0. The minimum absolute atomic E-state index is 0.0150. The molecule has 2 amide bonds. The quantitative estimate of drug-likeness (QED) is 0.881. The number of morpholine rings is 1. The van der Waals surface area contributed by atoms with Gasteiger partial charge in [-0.2, -0.15) is 0 Å². The normalized spacial score (nSPS) is 23.5. The van der Waals surface area contributed by atoms with E-state index in [0.29, 0.717) is 24.3 Å². The lowest BCUT2D eigenvalue weighted by Crippen LogP contribution is -2.48. The Morgan fingerprint density at radius 2 is 1.71 bits per heavy atom. The summed E-state index contributed by atoms with van der Waals surface area (Å²) in [7, 11) is 0. The molecule has 2 rings (SSSR count). The first-order chi connectivity index (χ1) is 11.3. The third-order valence-electron chi connectivity index (χ3n) is 4.31. The van der Waals surface area contributed by atoms with Gasteiger partial charge in [-0.05, 0) is 45.0 Å². The number of anilines is 1. The van der Waals surface area contributed by atoms with Gasteiger partial charge >= 0.3 is 0 Å². The predicted molar refractivity (Wildman–Crippen MR) is 93.8 cm³/mol. The first-order valence-corrected chi connectivity index (χ1v) is 8.39. The highest BCUT2D eigenvalue weighted by Gasteiger charge is 2.26. The Morgan fingerprint density at radius 3 is 2.21 bits per heavy atom. The summed E-state index contributed by atoms with van der Waals surface area (Å²) in [5, 5.41) is 2.82.